The summed E-state index contributed by atoms with van der Waals surface area (Å²) in [5, 5.41) is 3.03. The van der Waals surface area contributed by atoms with Gasteiger partial charge in [-0.1, -0.05) is 12.1 Å². The molecule has 1 N–H and O–H groups in total. The molecule has 0 unspecified atom stereocenters. The molecule has 6 heteroatoms. The zero-order valence-electron chi connectivity index (χ0n) is 13.5. The molecular formula is C17H24N2O4. The molecule has 1 fully saturated rings. The van der Waals surface area contributed by atoms with E-state index in [4.69, 9.17) is 14.2 Å². The molecule has 1 atom stereocenters. The zero-order chi connectivity index (χ0) is 16.1. The average Bonchev–Trinajstić information content (AvgIpc) is 2.60. The minimum Gasteiger partial charge on any atom is -0.493 e. The molecule has 23 heavy (non-hydrogen) atoms. The van der Waals surface area contributed by atoms with E-state index in [1.54, 1.807) is 7.11 Å². The number of nitrogens with one attached hydrogen (secondary N) is 1. The largest absolute Gasteiger partial charge is 0.493 e. The Morgan fingerprint density at radius 1 is 1.39 bits per heavy atom. The van der Waals surface area contributed by atoms with Crippen LogP contribution >= 0.6 is 0 Å². The van der Waals surface area contributed by atoms with Gasteiger partial charge in [0.05, 0.1) is 33.5 Å². The van der Waals surface area contributed by atoms with Crippen LogP contribution in [0.2, 0.25) is 0 Å². The van der Waals surface area contributed by atoms with Crippen LogP contribution in [0.5, 0.6) is 11.5 Å². The van der Waals surface area contributed by atoms with Crippen LogP contribution < -0.4 is 14.8 Å². The lowest BCUT2D eigenvalue weighted by molar-refractivity contribution is -0.123. The van der Waals surface area contributed by atoms with E-state index in [1.807, 2.05) is 12.1 Å². The quantitative estimate of drug-likeness (QED) is 0.865. The molecule has 0 spiro atoms. The van der Waals surface area contributed by atoms with E-state index in [0.29, 0.717) is 38.8 Å². The molecule has 0 aromatic heterocycles. The third-order valence-electron chi connectivity index (χ3n) is 4.31. The Hall–Kier alpha value is -1.79. The molecule has 2 heterocycles. The normalized spacial score (nSPS) is 21.2. The Bertz CT molecular complexity index is 543. The van der Waals surface area contributed by atoms with Crippen LogP contribution in [0.15, 0.2) is 18.2 Å². The van der Waals surface area contributed by atoms with Crippen LogP contribution in [0.25, 0.3) is 0 Å². The first-order valence-corrected chi connectivity index (χ1v) is 8.11. The fourth-order valence-corrected chi connectivity index (χ4v) is 3.03. The molecule has 0 aliphatic carbocycles. The van der Waals surface area contributed by atoms with E-state index in [-0.39, 0.29) is 5.91 Å². The maximum Gasteiger partial charge on any atom is 0.234 e. The number of ether oxygens (including phenoxy) is 3. The summed E-state index contributed by atoms with van der Waals surface area (Å²) < 4.78 is 16.4. The van der Waals surface area contributed by atoms with Crippen molar-refractivity contribution in [2.24, 2.45) is 5.92 Å². The van der Waals surface area contributed by atoms with Gasteiger partial charge in [-0.25, -0.2) is 0 Å². The second-order valence-corrected chi connectivity index (χ2v) is 6.02. The number of hydrogen-bond donors (Lipinski definition) is 1. The highest BCUT2D eigenvalue weighted by Gasteiger charge is 2.23. The van der Waals surface area contributed by atoms with E-state index in [0.717, 1.165) is 36.6 Å². The smallest absolute Gasteiger partial charge is 0.234 e. The molecule has 6 nitrogen and oxygen atoms in total. The molecule has 0 saturated carbocycles. The highest BCUT2D eigenvalue weighted by molar-refractivity contribution is 5.78. The van der Waals surface area contributed by atoms with Gasteiger partial charge in [-0.05, 0) is 18.1 Å². The lowest BCUT2D eigenvalue weighted by Crippen LogP contribution is -2.44. The van der Waals surface area contributed by atoms with E-state index in [1.165, 1.54) is 0 Å². The molecule has 3 rings (SSSR count). The van der Waals surface area contributed by atoms with Gasteiger partial charge in [0.25, 0.3) is 0 Å². The molecule has 0 radical (unpaired) electrons. The van der Waals surface area contributed by atoms with Gasteiger partial charge in [-0.2, -0.15) is 0 Å². The fraction of sp³-hybridized carbons (Fsp3) is 0.588. The Labute approximate surface area is 136 Å². The number of para-hydroxylation sites is 1. The van der Waals surface area contributed by atoms with Crippen molar-refractivity contribution >= 4 is 5.91 Å². The maximum absolute atomic E-state index is 12.0. The lowest BCUT2D eigenvalue weighted by Gasteiger charge is -2.28. The summed E-state index contributed by atoms with van der Waals surface area (Å²) in [5.41, 5.74) is 1.14. The molecule has 2 aliphatic rings. The highest BCUT2D eigenvalue weighted by atomic mass is 16.5. The molecular weight excluding hydrogens is 296 g/mol. The Morgan fingerprint density at radius 3 is 3.00 bits per heavy atom. The second kappa shape index (κ2) is 7.66. The van der Waals surface area contributed by atoms with Crippen LogP contribution in [0.3, 0.4) is 0 Å². The summed E-state index contributed by atoms with van der Waals surface area (Å²) in [5.74, 6) is 1.98. The SMILES string of the molecule is COc1cccc2c1OC[C@H](CNC(=O)CN1CCOCC1)C2. The van der Waals surface area contributed by atoms with E-state index in [2.05, 4.69) is 16.3 Å². The third kappa shape index (κ3) is 4.14. The first-order valence-electron chi connectivity index (χ1n) is 8.11. The number of amides is 1. The number of fused-ring (bicyclic) bond motifs is 1. The standard InChI is InChI=1S/C17H24N2O4/c1-21-15-4-2-3-14-9-13(12-23-17(14)15)10-18-16(20)11-19-5-7-22-8-6-19/h2-4,13H,5-12H2,1H3,(H,18,20)/t13-/m0/s1. The van der Waals surface area contributed by atoms with E-state index in [9.17, 15) is 4.79 Å². The zero-order valence-corrected chi connectivity index (χ0v) is 13.5. The van der Waals surface area contributed by atoms with Crippen LogP contribution in [-0.4, -0.2) is 63.9 Å². The van der Waals surface area contributed by atoms with Gasteiger partial charge in [-0.15, -0.1) is 0 Å². The summed E-state index contributed by atoms with van der Waals surface area (Å²) in [4.78, 5) is 14.2. The molecule has 0 bridgehead atoms. The first kappa shape index (κ1) is 16.1. The monoisotopic (exact) mass is 320 g/mol. The molecule has 126 valence electrons. The number of carbonyl (C=O) groups excluding carboxylic acids is 1. The van der Waals surface area contributed by atoms with Crippen LogP contribution in [0.4, 0.5) is 0 Å². The predicted octanol–water partition coefficient (Wildman–Crippen LogP) is 0.695. The summed E-state index contributed by atoms with van der Waals surface area (Å²) in [7, 11) is 1.65. The van der Waals surface area contributed by atoms with Crippen molar-refractivity contribution < 1.29 is 19.0 Å². The molecule has 1 aromatic rings. The van der Waals surface area contributed by atoms with Crippen LogP contribution in [-0.2, 0) is 16.0 Å². The van der Waals surface area contributed by atoms with Crippen molar-refractivity contribution in [2.75, 3.05) is 53.1 Å². The molecule has 2 aliphatic heterocycles. The van der Waals surface area contributed by atoms with Crippen molar-refractivity contribution in [1.82, 2.24) is 10.2 Å². The molecule has 1 amide bonds. The number of rotatable bonds is 5. The van der Waals surface area contributed by atoms with Crippen molar-refractivity contribution in [3.63, 3.8) is 0 Å². The Morgan fingerprint density at radius 2 is 2.22 bits per heavy atom. The van der Waals surface area contributed by atoms with Gasteiger partial charge >= 0.3 is 0 Å². The number of carbonyl (C=O) groups is 1. The number of nitrogens with zero attached hydrogens (tertiary/aromatic N) is 1. The summed E-state index contributed by atoms with van der Waals surface area (Å²) in [6, 6.07) is 5.93. The van der Waals surface area contributed by atoms with Gasteiger partial charge in [-0.3, -0.25) is 9.69 Å². The Balaban J connectivity index is 1.47. The number of hydrogen-bond acceptors (Lipinski definition) is 5. The highest BCUT2D eigenvalue weighted by Crippen LogP contribution is 2.35. The van der Waals surface area contributed by atoms with Crippen molar-refractivity contribution in [3.8, 4) is 11.5 Å². The summed E-state index contributed by atoms with van der Waals surface area (Å²) >= 11 is 0. The summed E-state index contributed by atoms with van der Waals surface area (Å²) in [6.45, 7) is 4.76. The maximum atomic E-state index is 12.0. The van der Waals surface area contributed by atoms with Gasteiger partial charge in [0.1, 0.15) is 0 Å². The van der Waals surface area contributed by atoms with Crippen molar-refractivity contribution in [2.45, 2.75) is 6.42 Å². The summed E-state index contributed by atoms with van der Waals surface area (Å²) in [6.07, 6.45) is 0.893. The van der Waals surface area contributed by atoms with Gasteiger partial charge in [0.15, 0.2) is 11.5 Å². The van der Waals surface area contributed by atoms with Crippen LogP contribution in [0.1, 0.15) is 5.56 Å². The van der Waals surface area contributed by atoms with Crippen LogP contribution in [0, 0.1) is 5.92 Å². The van der Waals surface area contributed by atoms with Gasteiger partial charge in [0.2, 0.25) is 5.91 Å². The minimum absolute atomic E-state index is 0.0725. The fourth-order valence-electron chi connectivity index (χ4n) is 3.03. The lowest BCUT2D eigenvalue weighted by atomic mass is 9.96. The molecule has 1 saturated heterocycles. The van der Waals surface area contributed by atoms with E-state index < -0.39 is 0 Å². The predicted molar refractivity (Wildman–Crippen MR) is 86.0 cm³/mol. The topological polar surface area (TPSA) is 60.0 Å². The minimum atomic E-state index is 0.0725. The van der Waals surface area contributed by atoms with Gasteiger partial charge in [0, 0.05) is 25.6 Å². The second-order valence-electron chi connectivity index (χ2n) is 6.02. The average molecular weight is 320 g/mol. The first-order chi connectivity index (χ1) is 11.3. The number of morpholine rings is 1. The van der Waals surface area contributed by atoms with Gasteiger partial charge < -0.3 is 19.5 Å². The third-order valence-corrected chi connectivity index (χ3v) is 4.31. The van der Waals surface area contributed by atoms with Crippen molar-refractivity contribution in [3.05, 3.63) is 23.8 Å². The van der Waals surface area contributed by atoms with Crippen molar-refractivity contribution in [1.29, 1.82) is 0 Å². The number of methoxy groups -OCH3 is 1. The number of benzene rings is 1. The van der Waals surface area contributed by atoms with E-state index >= 15 is 0 Å². The molecule has 1 aromatic carbocycles. The Kier molecular flexibility index (Phi) is 5.35.